The molecule has 2 aromatic carbocycles. The van der Waals surface area contributed by atoms with Gasteiger partial charge < -0.3 is 15.5 Å². The topological polar surface area (TPSA) is 78.5 Å². The summed E-state index contributed by atoms with van der Waals surface area (Å²) < 4.78 is 0. The van der Waals surface area contributed by atoms with Crippen molar-refractivity contribution in [3.8, 4) is 0 Å². The van der Waals surface area contributed by atoms with E-state index in [0.29, 0.717) is 12.0 Å². The van der Waals surface area contributed by atoms with Crippen LogP contribution in [0.2, 0.25) is 0 Å². The summed E-state index contributed by atoms with van der Waals surface area (Å²) in [7, 11) is 0. The fourth-order valence-corrected chi connectivity index (χ4v) is 3.34. The second-order valence-electron chi connectivity index (χ2n) is 6.79. The third-order valence-electron chi connectivity index (χ3n) is 4.91. The lowest BCUT2D eigenvalue weighted by Gasteiger charge is -2.21. The minimum atomic E-state index is -0.193. The molecule has 0 bridgehead atoms. The number of fused-ring (bicyclic) bond motifs is 1. The highest BCUT2D eigenvalue weighted by atomic mass is 16.2. The summed E-state index contributed by atoms with van der Waals surface area (Å²) in [5.41, 5.74) is 3.95. The summed E-state index contributed by atoms with van der Waals surface area (Å²) in [5.74, 6) is -0.359. The molecule has 0 aliphatic carbocycles. The predicted octanol–water partition coefficient (Wildman–Crippen LogP) is 3.63. The maximum absolute atomic E-state index is 12.4. The first kappa shape index (κ1) is 19.6. The first-order chi connectivity index (χ1) is 13.5. The van der Waals surface area contributed by atoms with Crippen molar-refractivity contribution in [3.63, 3.8) is 0 Å². The highest BCUT2D eigenvalue weighted by molar-refractivity contribution is 6.03. The Kier molecular flexibility index (Phi) is 6.09. The van der Waals surface area contributed by atoms with Crippen molar-refractivity contribution in [3.05, 3.63) is 53.6 Å². The first-order valence-corrected chi connectivity index (χ1v) is 9.61. The fraction of sp³-hybridized carbons (Fsp3) is 0.318. The van der Waals surface area contributed by atoms with Gasteiger partial charge >= 0.3 is 0 Å². The van der Waals surface area contributed by atoms with Crippen LogP contribution in [0.25, 0.3) is 0 Å². The highest BCUT2D eigenvalue weighted by Gasteiger charge is 2.19. The summed E-state index contributed by atoms with van der Waals surface area (Å²) in [5, 5.41) is 5.58. The van der Waals surface area contributed by atoms with Gasteiger partial charge in [-0.1, -0.05) is 0 Å². The number of carbonyl (C=O) groups excluding carboxylic acids is 3. The molecule has 2 amide bonds. The number of amides is 2. The monoisotopic (exact) mass is 379 g/mol. The average Bonchev–Trinajstić information content (AvgIpc) is 3.07. The Morgan fingerprint density at radius 2 is 1.75 bits per heavy atom. The molecular weight excluding hydrogens is 354 g/mol. The van der Waals surface area contributed by atoms with E-state index in [0.717, 1.165) is 35.7 Å². The summed E-state index contributed by atoms with van der Waals surface area (Å²) in [6.45, 7) is 6.06. The third kappa shape index (κ3) is 4.57. The smallest absolute Gasteiger partial charge is 0.228 e. The number of anilines is 3. The molecule has 6 nitrogen and oxygen atoms in total. The van der Waals surface area contributed by atoms with Crippen molar-refractivity contribution in [2.24, 2.45) is 0 Å². The molecule has 3 rings (SSSR count). The molecule has 28 heavy (non-hydrogen) atoms. The van der Waals surface area contributed by atoms with Gasteiger partial charge in [-0.05, 0) is 61.9 Å². The Hall–Kier alpha value is -3.15. The molecule has 1 aliphatic rings. The van der Waals surface area contributed by atoms with Gasteiger partial charge in [0.15, 0.2) is 5.78 Å². The zero-order valence-corrected chi connectivity index (χ0v) is 16.2. The number of benzene rings is 2. The van der Waals surface area contributed by atoms with E-state index >= 15 is 0 Å². The molecule has 146 valence electrons. The predicted molar refractivity (Wildman–Crippen MR) is 111 cm³/mol. The largest absolute Gasteiger partial charge is 0.372 e. The van der Waals surface area contributed by atoms with Gasteiger partial charge in [0.25, 0.3) is 0 Å². The minimum Gasteiger partial charge on any atom is -0.372 e. The van der Waals surface area contributed by atoms with Crippen molar-refractivity contribution in [1.82, 2.24) is 0 Å². The van der Waals surface area contributed by atoms with Gasteiger partial charge in [0.05, 0.1) is 6.42 Å². The van der Waals surface area contributed by atoms with Crippen LogP contribution in [0.1, 0.15) is 42.6 Å². The normalized spacial score (nSPS) is 12.3. The Bertz CT molecular complexity index is 886. The van der Waals surface area contributed by atoms with Crippen LogP contribution in [-0.2, 0) is 16.0 Å². The van der Waals surface area contributed by atoms with E-state index in [9.17, 15) is 14.4 Å². The molecule has 0 spiro atoms. The number of hydrogen-bond acceptors (Lipinski definition) is 4. The molecule has 0 saturated carbocycles. The summed E-state index contributed by atoms with van der Waals surface area (Å²) in [6, 6.07) is 12.9. The maximum Gasteiger partial charge on any atom is 0.228 e. The van der Waals surface area contributed by atoms with Crippen molar-refractivity contribution < 1.29 is 14.4 Å². The molecule has 6 heteroatoms. The second-order valence-corrected chi connectivity index (χ2v) is 6.79. The van der Waals surface area contributed by atoms with E-state index in [1.165, 1.54) is 0 Å². The Balaban J connectivity index is 1.52. The molecule has 2 aromatic rings. The van der Waals surface area contributed by atoms with E-state index < -0.39 is 0 Å². The summed E-state index contributed by atoms with van der Waals surface area (Å²) >= 11 is 0. The van der Waals surface area contributed by atoms with Crippen LogP contribution in [0.15, 0.2) is 42.5 Å². The first-order valence-electron chi connectivity index (χ1n) is 9.61. The standard InChI is InChI=1S/C22H25N3O3/c1-3-25(4-2)18-8-6-17(7-9-18)23-21(27)12-11-20(26)15-5-10-19-16(13-15)14-22(28)24-19/h5-10,13H,3-4,11-12,14H2,1-2H3,(H,23,27)(H,24,28). The van der Waals surface area contributed by atoms with Crippen molar-refractivity contribution in [2.45, 2.75) is 33.1 Å². The summed E-state index contributed by atoms with van der Waals surface area (Å²) in [4.78, 5) is 38.2. The molecule has 1 heterocycles. The van der Waals surface area contributed by atoms with Crippen molar-refractivity contribution in [1.29, 1.82) is 0 Å². The number of Topliss-reactive ketones (excluding diaryl/α,β-unsaturated/α-hetero) is 1. The van der Waals surface area contributed by atoms with Gasteiger partial charge in [-0.25, -0.2) is 0 Å². The molecule has 2 N–H and O–H groups in total. The minimum absolute atomic E-state index is 0.0639. The van der Waals surface area contributed by atoms with Crippen LogP contribution < -0.4 is 15.5 Å². The van der Waals surface area contributed by atoms with Crippen LogP contribution in [0.3, 0.4) is 0 Å². The molecule has 1 aliphatic heterocycles. The maximum atomic E-state index is 12.4. The van der Waals surface area contributed by atoms with Gasteiger partial charge in [0, 0.05) is 48.6 Å². The molecule has 0 saturated heterocycles. The quantitative estimate of drug-likeness (QED) is 0.687. The zero-order chi connectivity index (χ0) is 20.1. The van der Waals surface area contributed by atoms with Gasteiger partial charge in [0.2, 0.25) is 11.8 Å². The van der Waals surface area contributed by atoms with E-state index in [1.54, 1.807) is 18.2 Å². The van der Waals surface area contributed by atoms with Crippen LogP contribution >= 0.6 is 0 Å². The second kappa shape index (κ2) is 8.69. The molecule has 0 fully saturated rings. The van der Waals surface area contributed by atoms with Crippen molar-refractivity contribution >= 4 is 34.7 Å². The zero-order valence-electron chi connectivity index (χ0n) is 16.2. The van der Waals surface area contributed by atoms with E-state index in [2.05, 4.69) is 29.4 Å². The van der Waals surface area contributed by atoms with Gasteiger partial charge in [0.1, 0.15) is 0 Å². The molecule has 0 radical (unpaired) electrons. The van der Waals surface area contributed by atoms with E-state index in [1.807, 2.05) is 24.3 Å². The Morgan fingerprint density at radius 3 is 2.43 bits per heavy atom. The number of nitrogens with zero attached hydrogens (tertiary/aromatic N) is 1. The van der Waals surface area contributed by atoms with Gasteiger partial charge in [-0.2, -0.15) is 0 Å². The number of rotatable bonds is 8. The third-order valence-corrected chi connectivity index (χ3v) is 4.91. The average molecular weight is 379 g/mol. The highest BCUT2D eigenvalue weighted by Crippen LogP contribution is 2.24. The SMILES string of the molecule is CCN(CC)c1ccc(NC(=O)CCC(=O)c2ccc3c(c2)CC(=O)N3)cc1. The van der Waals surface area contributed by atoms with E-state index in [-0.39, 0.29) is 30.4 Å². The Morgan fingerprint density at radius 1 is 1.04 bits per heavy atom. The van der Waals surface area contributed by atoms with Gasteiger partial charge in [-0.15, -0.1) is 0 Å². The van der Waals surface area contributed by atoms with Crippen LogP contribution in [0, 0.1) is 0 Å². The molecule has 0 aromatic heterocycles. The van der Waals surface area contributed by atoms with Crippen LogP contribution in [-0.4, -0.2) is 30.7 Å². The van der Waals surface area contributed by atoms with Crippen LogP contribution in [0.5, 0.6) is 0 Å². The molecular formula is C22H25N3O3. The Labute approximate surface area is 164 Å². The number of hydrogen-bond donors (Lipinski definition) is 2. The number of ketones is 1. The lowest BCUT2D eigenvalue weighted by atomic mass is 10.0. The van der Waals surface area contributed by atoms with E-state index in [4.69, 9.17) is 0 Å². The lowest BCUT2D eigenvalue weighted by molar-refractivity contribution is -0.116. The van der Waals surface area contributed by atoms with Crippen LogP contribution in [0.4, 0.5) is 17.1 Å². The van der Waals surface area contributed by atoms with Crippen molar-refractivity contribution in [2.75, 3.05) is 28.6 Å². The fourth-order valence-electron chi connectivity index (χ4n) is 3.34. The molecule has 0 unspecified atom stereocenters. The summed E-state index contributed by atoms with van der Waals surface area (Å²) in [6.07, 6.45) is 0.537. The molecule has 0 atom stereocenters. The number of carbonyl (C=O) groups is 3. The number of nitrogens with one attached hydrogen (secondary N) is 2. The van der Waals surface area contributed by atoms with Gasteiger partial charge in [-0.3, -0.25) is 14.4 Å². The lowest BCUT2D eigenvalue weighted by Crippen LogP contribution is -2.21.